The minimum atomic E-state index is -0.207. The molecule has 17 heavy (non-hydrogen) atoms. The lowest BCUT2D eigenvalue weighted by atomic mass is 10.2. The number of hydrogen-bond acceptors (Lipinski definition) is 3. The molecule has 2 heterocycles. The van der Waals surface area contributed by atoms with Gasteiger partial charge in [0, 0.05) is 12.7 Å². The summed E-state index contributed by atoms with van der Waals surface area (Å²) in [5, 5.41) is 10.4. The van der Waals surface area contributed by atoms with Crippen LogP contribution in [0.1, 0.15) is 5.56 Å². The maximum absolute atomic E-state index is 11.5. The Bertz CT molecular complexity index is 699. The summed E-state index contributed by atoms with van der Waals surface area (Å²) in [4.78, 5) is 11.5. The summed E-state index contributed by atoms with van der Waals surface area (Å²) >= 11 is 0. The van der Waals surface area contributed by atoms with Crippen molar-refractivity contribution in [2.45, 2.75) is 6.54 Å². The average Bonchev–Trinajstić information content (AvgIpc) is 2.76. The molecule has 3 rings (SSSR count). The number of nitrogens with one attached hydrogen (secondary N) is 1. The number of fused-ring (bicyclic) bond motifs is 1. The number of hydrogen-bond donors (Lipinski definition) is 1. The third-order valence-electron chi connectivity index (χ3n) is 2.67. The Kier molecular flexibility index (Phi) is 2.22. The Labute approximate surface area is 96.7 Å². The Hall–Kier alpha value is -2.43. The van der Waals surface area contributed by atoms with Crippen molar-refractivity contribution >= 4 is 11.0 Å². The largest absolute Gasteiger partial charge is 0.326 e. The van der Waals surface area contributed by atoms with Gasteiger partial charge in [-0.1, -0.05) is 35.5 Å². The van der Waals surface area contributed by atoms with Crippen LogP contribution >= 0.6 is 0 Å². The minimum Gasteiger partial charge on any atom is -0.326 e. The summed E-state index contributed by atoms with van der Waals surface area (Å²) in [5.74, 6) is 0. The third kappa shape index (κ3) is 1.71. The molecule has 1 aromatic carbocycles. The van der Waals surface area contributed by atoms with Gasteiger partial charge < -0.3 is 4.57 Å². The molecule has 0 aliphatic carbocycles. The van der Waals surface area contributed by atoms with Crippen LogP contribution in [-0.4, -0.2) is 20.0 Å². The summed E-state index contributed by atoms with van der Waals surface area (Å²) in [6.45, 7) is 0.683. The smallest absolute Gasteiger partial charge is 0.276 e. The second-order valence-corrected chi connectivity index (χ2v) is 3.81. The lowest BCUT2D eigenvalue weighted by molar-refractivity contribution is 0.788. The van der Waals surface area contributed by atoms with Gasteiger partial charge in [0.1, 0.15) is 0 Å². The molecule has 0 radical (unpaired) electrons. The Morgan fingerprint density at radius 1 is 1.18 bits per heavy atom. The number of nitrogens with zero attached hydrogens (tertiary/aromatic N) is 3. The van der Waals surface area contributed by atoms with Crippen molar-refractivity contribution in [3.63, 3.8) is 0 Å². The van der Waals surface area contributed by atoms with Gasteiger partial charge in [-0.2, -0.15) is 0 Å². The highest BCUT2D eigenvalue weighted by Crippen LogP contribution is 2.10. The molecule has 0 unspecified atom stereocenters. The van der Waals surface area contributed by atoms with Crippen LogP contribution in [0, 0.1) is 0 Å². The SMILES string of the molecule is O=c1[nH]nnc2c1ccn2Cc1ccccc1. The highest BCUT2D eigenvalue weighted by atomic mass is 16.1. The first kappa shape index (κ1) is 9.77. The molecular weight excluding hydrogens is 216 g/mol. The normalized spacial score (nSPS) is 10.8. The van der Waals surface area contributed by atoms with Crippen LogP contribution in [0.4, 0.5) is 0 Å². The summed E-state index contributed by atoms with van der Waals surface area (Å²) in [5.41, 5.74) is 1.56. The zero-order chi connectivity index (χ0) is 11.7. The van der Waals surface area contributed by atoms with Gasteiger partial charge in [-0.05, 0) is 11.6 Å². The predicted molar refractivity (Wildman–Crippen MR) is 63.7 cm³/mol. The van der Waals surface area contributed by atoms with Crippen LogP contribution in [0.15, 0.2) is 47.4 Å². The second-order valence-electron chi connectivity index (χ2n) is 3.81. The molecule has 2 aromatic heterocycles. The van der Waals surface area contributed by atoms with E-state index in [2.05, 4.69) is 15.4 Å². The van der Waals surface area contributed by atoms with E-state index in [0.717, 1.165) is 5.56 Å². The van der Waals surface area contributed by atoms with E-state index in [1.54, 1.807) is 6.07 Å². The summed E-state index contributed by atoms with van der Waals surface area (Å²) in [7, 11) is 0. The molecule has 0 saturated heterocycles. The van der Waals surface area contributed by atoms with Crippen molar-refractivity contribution in [2.75, 3.05) is 0 Å². The van der Waals surface area contributed by atoms with Crippen LogP contribution < -0.4 is 5.56 Å². The minimum absolute atomic E-state index is 0.207. The van der Waals surface area contributed by atoms with Crippen molar-refractivity contribution in [3.8, 4) is 0 Å². The van der Waals surface area contributed by atoms with Gasteiger partial charge in [0.25, 0.3) is 5.56 Å². The van der Waals surface area contributed by atoms with E-state index in [4.69, 9.17) is 0 Å². The van der Waals surface area contributed by atoms with E-state index < -0.39 is 0 Å². The predicted octanol–water partition coefficient (Wildman–Crippen LogP) is 1.17. The molecule has 0 fully saturated rings. The van der Waals surface area contributed by atoms with E-state index in [0.29, 0.717) is 17.6 Å². The quantitative estimate of drug-likeness (QED) is 0.713. The van der Waals surface area contributed by atoms with Crippen LogP contribution in [0.2, 0.25) is 0 Å². The van der Waals surface area contributed by atoms with Crippen molar-refractivity contribution in [1.29, 1.82) is 0 Å². The Balaban J connectivity index is 2.08. The standard InChI is InChI=1S/C12H10N4O/c17-12-10-6-7-16(11(10)13-15-14-12)8-9-4-2-1-3-5-9/h1-7H,8H2,(H,13,14,17). The van der Waals surface area contributed by atoms with Crippen molar-refractivity contribution in [3.05, 3.63) is 58.5 Å². The monoisotopic (exact) mass is 226 g/mol. The molecule has 5 heteroatoms. The van der Waals surface area contributed by atoms with Gasteiger partial charge >= 0.3 is 0 Å². The second kappa shape index (κ2) is 3.86. The molecule has 1 N–H and O–H groups in total. The van der Waals surface area contributed by atoms with Gasteiger partial charge in [-0.25, -0.2) is 5.10 Å². The lowest BCUT2D eigenvalue weighted by Gasteiger charge is -2.03. The highest BCUT2D eigenvalue weighted by Gasteiger charge is 2.06. The molecule has 84 valence electrons. The number of aromatic amines is 1. The summed E-state index contributed by atoms with van der Waals surface area (Å²) in [6, 6.07) is 11.8. The van der Waals surface area contributed by atoms with E-state index >= 15 is 0 Å². The van der Waals surface area contributed by atoms with Crippen LogP contribution in [0.3, 0.4) is 0 Å². The van der Waals surface area contributed by atoms with Crippen molar-refractivity contribution in [1.82, 2.24) is 20.0 Å². The first-order valence-electron chi connectivity index (χ1n) is 5.29. The van der Waals surface area contributed by atoms with Gasteiger partial charge in [0.05, 0.1) is 5.39 Å². The summed E-state index contributed by atoms with van der Waals surface area (Å²) < 4.78 is 1.91. The fraction of sp³-hybridized carbons (Fsp3) is 0.0833. The number of H-pyrrole nitrogens is 1. The van der Waals surface area contributed by atoms with Gasteiger partial charge in [0.15, 0.2) is 5.65 Å². The molecule has 0 aliphatic rings. The third-order valence-corrected chi connectivity index (χ3v) is 2.67. The average molecular weight is 226 g/mol. The molecule has 0 spiro atoms. The van der Waals surface area contributed by atoms with Crippen LogP contribution in [-0.2, 0) is 6.54 Å². The highest BCUT2D eigenvalue weighted by molar-refractivity contribution is 5.74. The van der Waals surface area contributed by atoms with Crippen molar-refractivity contribution in [2.24, 2.45) is 0 Å². The molecule has 0 amide bonds. The number of benzene rings is 1. The molecule has 0 saturated carbocycles. The van der Waals surface area contributed by atoms with E-state index in [1.165, 1.54) is 0 Å². The zero-order valence-corrected chi connectivity index (χ0v) is 9.00. The maximum Gasteiger partial charge on any atom is 0.276 e. The maximum atomic E-state index is 11.5. The molecule has 0 atom stereocenters. The Morgan fingerprint density at radius 2 is 2.00 bits per heavy atom. The Morgan fingerprint density at radius 3 is 2.82 bits per heavy atom. The first-order valence-corrected chi connectivity index (χ1v) is 5.29. The first-order chi connectivity index (χ1) is 8.34. The fourth-order valence-electron chi connectivity index (χ4n) is 1.84. The van der Waals surface area contributed by atoms with E-state index in [1.807, 2.05) is 41.1 Å². The fourth-order valence-corrected chi connectivity index (χ4v) is 1.84. The number of aromatic nitrogens is 4. The lowest BCUT2D eigenvalue weighted by Crippen LogP contribution is -2.10. The number of rotatable bonds is 2. The van der Waals surface area contributed by atoms with Crippen LogP contribution in [0.25, 0.3) is 11.0 Å². The molecule has 0 bridgehead atoms. The van der Waals surface area contributed by atoms with Crippen LogP contribution in [0.5, 0.6) is 0 Å². The molecule has 5 nitrogen and oxygen atoms in total. The van der Waals surface area contributed by atoms with Gasteiger partial charge in [-0.3, -0.25) is 4.79 Å². The topological polar surface area (TPSA) is 63.6 Å². The molecule has 0 aliphatic heterocycles. The van der Waals surface area contributed by atoms with Crippen molar-refractivity contribution < 1.29 is 0 Å². The summed E-state index contributed by atoms with van der Waals surface area (Å²) in [6.07, 6.45) is 1.85. The van der Waals surface area contributed by atoms with Gasteiger partial charge in [-0.15, -0.1) is 5.10 Å². The molecule has 3 aromatic rings. The van der Waals surface area contributed by atoms with Gasteiger partial charge in [0.2, 0.25) is 0 Å². The van der Waals surface area contributed by atoms with E-state index in [-0.39, 0.29) is 5.56 Å². The zero-order valence-electron chi connectivity index (χ0n) is 9.00. The van der Waals surface area contributed by atoms with E-state index in [9.17, 15) is 4.79 Å². The molecular formula is C12H10N4O.